The molecule has 1 aliphatic heterocycles. The molecule has 0 aliphatic carbocycles. The van der Waals surface area contributed by atoms with Gasteiger partial charge in [-0.1, -0.05) is 30.4 Å². The molecule has 1 aliphatic rings. The molecule has 6 heteroatoms. The highest BCUT2D eigenvalue weighted by atomic mass is 32.1. The molecule has 1 saturated heterocycles. The van der Waals surface area contributed by atoms with Crippen molar-refractivity contribution >= 4 is 32.6 Å². The van der Waals surface area contributed by atoms with E-state index in [1.54, 1.807) is 0 Å². The number of rotatable bonds is 4. The summed E-state index contributed by atoms with van der Waals surface area (Å²) in [4.78, 5) is 18.9. The van der Waals surface area contributed by atoms with Gasteiger partial charge in [0, 0.05) is 12.6 Å². The van der Waals surface area contributed by atoms with Crippen LogP contribution in [0.25, 0.3) is 10.2 Å². The molecule has 5 nitrogen and oxygen atoms in total. The number of amides is 1. The second-order valence-electron chi connectivity index (χ2n) is 5.93. The first kappa shape index (κ1) is 15.4. The van der Waals surface area contributed by atoms with Crippen LogP contribution in [0.2, 0.25) is 0 Å². The van der Waals surface area contributed by atoms with Gasteiger partial charge in [-0.25, -0.2) is 4.98 Å². The zero-order chi connectivity index (χ0) is 15.5. The zero-order valence-corrected chi connectivity index (χ0v) is 13.6. The topological polar surface area (TPSA) is 71.2 Å². The monoisotopic (exact) mass is 318 g/mol. The van der Waals surface area contributed by atoms with Crippen LogP contribution in [0, 0.1) is 5.92 Å². The van der Waals surface area contributed by atoms with E-state index in [-0.39, 0.29) is 5.91 Å². The molecule has 1 aromatic carbocycles. The second-order valence-corrected chi connectivity index (χ2v) is 6.96. The number of aromatic nitrogens is 1. The molecule has 22 heavy (non-hydrogen) atoms. The number of carbonyl (C=O) groups is 1. The minimum Gasteiger partial charge on any atom is -0.329 e. The lowest BCUT2D eigenvalue weighted by Gasteiger charge is -2.38. The number of nitrogens with zero attached hydrogens (tertiary/aromatic N) is 2. The largest absolute Gasteiger partial charge is 0.329 e. The Labute approximate surface area is 134 Å². The Balaban J connectivity index is 1.64. The van der Waals surface area contributed by atoms with Crippen molar-refractivity contribution in [3.8, 4) is 0 Å². The van der Waals surface area contributed by atoms with E-state index in [2.05, 4.69) is 22.1 Å². The summed E-state index contributed by atoms with van der Waals surface area (Å²) in [7, 11) is 0. The van der Waals surface area contributed by atoms with Gasteiger partial charge in [0.05, 0.1) is 16.8 Å². The highest BCUT2D eigenvalue weighted by molar-refractivity contribution is 7.22. The van der Waals surface area contributed by atoms with Crippen LogP contribution in [-0.2, 0) is 4.79 Å². The van der Waals surface area contributed by atoms with E-state index in [9.17, 15) is 4.79 Å². The quantitative estimate of drug-likeness (QED) is 0.907. The number of benzene rings is 1. The van der Waals surface area contributed by atoms with Crippen LogP contribution in [0.5, 0.6) is 0 Å². The number of para-hydroxylation sites is 1. The van der Waals surface area contributed by atoms with Crippen molar-refractivity contribution in [2.45, 2.75) is 25.8 Å². The first-order chi connectivity index (χ1) is 10.7. The Hall–Kier alpha value is -1.50. The molecular formula is C16H22N4OS. The minimum absolute atomic E-state index is 0.00777. The molecule has 2 heterocycles. The van der Waals surface area contributed by atoms with Crippen LogP contribution >= 0.6 is 11.3 Å². The number of hydrogen-bond donors (Lipinski definition) is 2. The van der Waals surface area contributed by atoms with E-state index in [1.807, 2.05) is 24.3 Å². The van der Waals surface area contributed by atoms with Crippen molar-refractivity contribution in [1.82, 2.24) is 9.88 Å². The smallest absolute Gasteiger partial charge is 0.240 e. The van der Waals surface area contributed by atoms with Crippen LogP contribution in [0.3, 0.4) is 0 Å². The predicted molar refractivity (Wildman–Crippen MR) is 91.1 cm³/mol. The van der Waals surface area contributed by atoms with Crippen molar-refractivity contribution in [3.63, 3.8) is 0 Å². The first-order valence-corrected chi connectivity index (χ1v) is 8.58. The lowest BCUT2D eigenvalue weighted by Crippen LogP contribution is -2.51. The van der Waals surface area contributed by atoms with Crippen LogP contribution in [0.4, 0.5) is 5.13 Å². The fraction of sp³-hybridized carbons (Fsp3) is 0.500. The van der Waals surface area contributed by atoms with Gasteiger partial charge in [0.25, 0.3) is 0 Å². The van der Waals surface area contributed by atoms with Gasteiger partial charge in [0.2, 0.25) is 5.91 Å². The summed E-state index contributed by atoms with van der Waals surface area (Å²) in [5, 5.41) is 3.59. The number of fused-ring (bicyclic) bond motifs is 1. The third kappa shape index (κ3) is 3.29. The maximum Gasteiger partial charge on any atom is 0.240 e. The molecule has 3 N–H and O–H groups in total. The van der Waals surface area contributed by atoms with E-state index >= 15 is 0 Å². The number of nitrogens with one attached hydrogen (secondary N) is 1. The average Bonchev–Trinajstić information content (AvgIpc) is 2.89. The average molecular weight is 318 g/mol. The predicted octanol–water partition coefficient (Wildman–Crippen LogP) is 2.29. The molecule has 1 aromatic heterocycles. The summed E-state index contributed by atoms with van der Waals surface area (Å²) in [6, 6.07) is 8.20. The van der Waals surface area contributed by atoms with Gasteiger partial charge in [-0.3, -0.25) is 9.69 Å². The van der Waals surface area contributed by atoms with Crippen molar-refractivity contribution in [2.75, 3.05) is 25.0 Å². The standard InChI is InChI=1S/C16H22N4OS/c1-11-5-4-8-20(13(11)9-17)10-15(21)19-16-18-12-6-2-3-7-14(12)22-16/h2-3,6-7,11,13H,4-5,8-10,17H2,1H3,(H,18,19,21). The molecule has 2 unspecified atom stereocenters. The van der Waals surface area contributed by atoms with Gasteiger partial charge in [-0.2, -0.15) is 0 Å². The number of anilines is 1. The third-order valence-electron chi connectivity index (χ3n) is 4.36. The van der Waals surface area contributed by atoms with E-state index in [4.69, 9.17) is 5.73 Å². The van der Waals surface area contributed by atoms with Crippen LogP contribution in [-0.4, -0.2) is 41.5 Å². The van der Waals surface area contributed by atoms with Crippen LogP contribution < -0.4 is 11.1 Å². The second kappa shape index (κ2) is 6.73. The van der Waals surface area contributed by atoms with Crippen LogP contribution in [0.1, 0.15) is 19.8 Å². The lowest BCUT2D eigenvalue weighted by molar-refractivity contribution is -0.118. The molecule has 0 saturated carbocycles. The maximum absolute atomic E-state index is 12.3. The molecular weight excluding hydrogens is 296 g/mol. The number of carbonyl (C=O) groups excluding carboxylic acids is 1. The van der Waals surface area contributed by atoms with Gasteiger partial charge in [-0.05, 0) is 37.4 Å². The highest BCUT2D eigenvalue weighted by Crippen LogP contribution is 2.26. The number of piperidine rings is 1. The summed E-state index contributed by atoms with van der Waals surface area (Å²) in [6.45, 7) is 4.16. The fourth-order valence-electron chi connectivity index (χ4n) is 3.18. The van der Waals surface area contributed by atoms with Crippen LogP contribution in [0.15, 0.2) is 24.3 Å². The molecule has 1 amide bonds. The molecule has 1 fully saturated rings. The number of hydrogen-bond acceptors (Lipinski definition) is 5. The maximum atomic E-state index is 12.3. The SMILES string of the molecule is CC1CCCN(CC(=O)Nc2nc3ccccc3s2)C1CN. The van der Waals surface area contributed by atoms with E-state index in [0.29, 0.717) is 30.2 Å². The Kier molecular flexibility index (Phi) is 4.71. The Morgan fingerprint density at radius 3 is 3.09 bits per heavy atom. The van der Waals surface area contributed by atoms with E-state index in [1.165, 1.54) is 17.8 Å². The molecule has 0 spiro atoms. The van der Waals surface area contributed by atoms with E-state index < -0.39 is 0 Å². The Bertz CT molecular complexity index is 623. The molecule has 0 radical (unpaired) electrons. The molecule has 0 bridgehead atoms. The third-order valence-corrected chi connectivity index (χ3v) is 5.31. The summed E-state index contributed by atoms with van der Waals surface area (Å²) in [5.74, 6) is 0.542. The summed E-state index contributed by atoms with van der Waals surface area (Å²) in [5.41, 5.74) is 6.80. The normalized spacial score (nSPS) is 22.8. The number of thiazole rings is 1. The van der Waals surface area contributed by atoms with Gasteiger partial charge < -0.3 is 11.1 Å². The van der Waals surface area contributed by atoms with Gasteiger partial charge in [0.15, 0.2) is 5.13 Å². The molecule has 2 atom stereocenters. The van der Waals surface area contributed by atoms with Crippen molar-refractivity contribution in [3.05, 3.63) is 24.3 Å². The summed E-state index contributed by atoms with van der Waals surface area (Å²) in [6.07, 6.45) is 2.32. The van der Waals surface area contributed by atoms with Crippen molar-refractivity contribution in [2.24, 2.45) is 11.7 Å². The number of likely N-dealkylation sites (tertiary alicyclic amines) is 1. The zero-order valence-electron chi connectivity index (χ0n) is 12.8. The molecule has 3 rings (SSSR count). The Morgan fingerprint density at radius 1 is 1.50 bits per heavy atom. The van der Waals surface area contributed by atoms with Crippen molar-refractivity contribution in [1.29, 1.82) is 0 Å². The fourth-order valence-corrected chi connectivity index (χ4v) is 4.06. The summed E-state index contributed by atoms with van der Waals surface area (Å²) >= 11 is 1.51. The lowest BCUT2D eigenvalue weighted by atomic mass is 9.91. The molecule has 2 aromatic rings. The number of nitrogens with two attached hydrogens (primary N) is 1. The van der Waals surface area contributed by atoms with Gasteiger partial charge >= 0.3 is 0 Å². The Morgan fingerprint density at radius 2 is 2.32 bits per heavy atom. The molecule has 118 valence electrons. The first-order valence-electron chi connectivity index (χ1n) is 7.77. The van der Waals surface area contributed by atoms with E-state index in [0.717, 1.165) is 23.2 Å². The highest BCUT2D eigenvalue weighted by Gasteiger charge is 2.28. The van der Waals surface area contributed by atoms with Crippen molar-refractivity contribution < 1.29 is 4.79 Å². The minimum atomic E-state index is -0.00777. The van der Waals surface area contributed by atoms with Gasteiger partial charge in [-0.15, -0.1) is 0 Å². The summed E-state index contributed by atoms with van der Waals surface area (Å²) < 4.78 is 1.09. The van der Waals surface area contributed by atoms with Gasteiger partial charge in [0.1, 0.15) is 0 Å².